The number of guanidine groups is 1. The fourth-order valence-electron chi connectivity index (χ4n) is 3.63. The summed E-state index contributed by atoms with van der Waals surface area (Å²) < 4.78 is 11.3. The molecule has 2 saturated heterocycles. The van der Waals surface area contributed by atoms with E-state index in [4.69, 9.17) is 9.47 Å². The molecular formula is C21H34N4O2. The van der Waals surface area contributed by atoms with E-state index >= 15 is 0 Å². The molecule has 0 amide bonds. The standard InChI is InChI=1S/C21H34N4O2/c1-17-4-6-19(7-5-17)25-12-8-18(16-25)24-21(22-2)23-11-3-13-27-20-9-14-26-15-10-20/h4-7,18,20H,3,8-16H2,1-2H3,(H2,22,23,24). The van der Waals surface area contributed by atoms with Gasteiger partial charge in [-0.25, -0.2) is 0 Å². The highest BCUT2D eigenvalue weighted by molar-refractivity contribution is 5.80. The highest BCUT2D eigenvalue weighted by atomic mass is 16.5. The summed E-state index contributed by atoms with van der Waals surface area (Å²) in [6, 6.07) is 9.21. The maximum atomic E-state index is 5.92. The van der Waals surface area contributed by atoms with Crippen molar-refractivity contribution in [3.63, 3.8) is 0 Å². The van der Waals surface area contributed by atoms with Crippen molar-refractivity contribution < 1.29 is 9.47 Å². The van der Waals surface area contributed by atoms with Gasteiger partial charge in [-0.1, -0.05) is 17.7 Å². The Labute approximate surface area is 163 Å². The van der Waals surface area contributed by atoms with Crippen molar-refractivity contribution in [2.45, 2.75) is 44.8 Å². The fraction of sp³-hybridized carbons (Fsp3) is 0.667. The average Bonchev–Trinajstić information content (AvgIpc) is 3.16. The highest BCUT2D eigenvalue weighted by Crippen LogP contribution is 2.20. The Morgan fingerprint density at radius 2 is 2.00 bits per heavy atom. The van der Waals surface area contributed by atoms with Crippen molar-refractivity contribution in [2.24, 2.45) is 4.99 Å². The summed E-state index contributed by atoms with van der Waals surface area (Å²) >= 11 is 0. The molecule has 6 nitrogen and oxygen atoms in total. The molecule has 1 atom stereocenters. The highest BCUT2D eigenvalue weighted by Gasteiger charge is 2.23. The Hall–Kier alpha value is -1.79. The van der Waals surface area contributed by atoms with Crippen LogP contribution in [0.3, 0.4) is 0 Å². The van der Waals surface area contributed by atoms with E-state index in [1.165, 1.54) is 11.3 Å². The van der Waals surface area contributed by atoms with Crippen molar-refractivity contribution in [1.82, 2.24) is 10.6 Å². The van der Waals surface area contributed by atoms with Crippen LogP contribution in [-0.4, -0.2) is 64.6 Å². The lowest BCUT2D eigenvalue weighted by Crippen LogP contribution is -2.45. The van der Waals surface area contributed by atoms with Gasteiger partial charge in [-0.05, 0) is 44.7 Å². The maximum absolute atomic E-state index is 5.92. The Morgan fingerprint density at radius 3 is 2.74 bits per heavy atom. The van der Waals surface area contributed by atoms with E-state index in [0.29, 0.717) is 12.1 Å². The van der Waals surface area contributed by atoms with Crippen LogP contribution in [0.4, 0.5) is 5.69 Å². The van der Waals surface area contributed by atoms with Gasteiger partial charge in [0.1, 0.15) is 0 Å². The molecule has 0 spiro atoms. The Morgan fingerprint density at radius 1 is 1.22 bits per heavy atom. The number of aliphatic imine (C=N–C) groups is 1. The van der Waals surface area contributed by atoms with Crippen LogP contribution in [0.2, 0.25) is 0 Å². The molecule has 2 heterocycles. The van der Waals surface area contributed by atoms with Crippen molar-refractivity contribution in [1.29, 1.82) is 0 Å². The minimum Gasteiger partial charge on any atom is -0.381 e. The van der Waals surface area contributed by atoms with Crippen LogP contribution in [0.5, 0.6) is 0 Å². The number of ether oxygens (including phenoxy) is 2. The van der Waals surface area contributed by atoms with Gasteiger partial charge < -0.3 is 25.0 Å². The van der Waals surface area contributed by atoms with E-state index in [9.17, 15) is 0 Å². The normalized spacial score (nSPS) is 21.5. The summed E-state index contributed by atoms with van der Waals surface area (Å²) in [6.45, 7) is 7.55. The Balaban J connectivity index is 1.32. The third-order valence-electron chi connectivity index (χ3n) is 5.29. The summed E-state index contributed by atoms with van der Waals surface area (Å²) in [5.74, 6) is 0.886. The van der Waals surface area contributed by atoms with E-state index in [-0.39, 0.29) is 0 Å². The molecule has 0 radical (unpaired) electrons. The molecular weight excluding hydrogens is 340 g/mol. The third kappa shape index (κ3) is 6.40. The van der Waals surface area contributed by atoms with Crippen molar-refractivity contribution in [3.8, 4) is 0 Å². The SMILES string of the molecule is CN=C(NCCCOC1CCOCC1)NC1CCN(c2ccc(C)cc2)C1. The van der Waals surface area contributed by atoms with E-state index < -0.39 is 0 Å². The predicted molar refractivity (Wildman–Crippen MR) is 111 cm³/mol. The van der Waals surface area contributed by atoms with Crippen LogP contribution in [0.15, 0.2) is 29.3 Å². The fourth-order valence-corrected chi connectivity index (χ4v) is 3.63. The second-order valence-corrected chi connectivity index (χ2v) is 7.45. The van der Waals surface area contributed by atoms with Gasteiger partial charge in [-0.2, -0.15) is 0 Å². The van der Waals surface area contributed by atoms with Gasteiger partial charge in [0, 0.05) is 58.2 Å². The van der Waals surface area contributed by atoms with Crippen molar-refractivity contribution in [2.75, 3.05) is 51.4 Å². The summed E-state index contributed by atoms with van der Waals surface area (Å²) in [5, 5.41) is 6.97. The molecule has 0 bridgehead atoms. The van der Waals surface area contributed by atoms with E-state index in [1.54, 1.807) is 0 Å². The lowest BCUT2D eigenvalue weighted by atomic mass is 10.1. The summed E-state index contributed by atoms with van der Waals surface area (Å²) in [4.78, 5) is 6.80. The lowest BCUT2D eigenvalue weighted by molar-refractivity contribution is -0.0320. The number of hydrogen-bond acceptors (Lipinski definition) is 4. The average molecular weight is 375 g/mol. The number of hydrogen-bond donors (Lipinski definition) is 2. The first-order valence-electron chi connectivity index (χ1n) is 10.2. The molecule has 2 fully saturated rings. The molecule has 0 saturated carbocycles. The van der Waals surface area contributed by atoms with Gasteiger partial charge in [-0.3, -0.25) is 4.99 Å². The second kappa shape index (κ2) is 10.5. The minimum atomic E-state index is 0.377. The van der Waals surface area contributed by atoms with E-state index in [0.717, 1.165) is 71.1 Å². The topological polar surface area (TPSA) is 58.1 Å². The maximum Gasteiger partial charge on any atom is 0.191 e. The molecule has 3 rings (SSSR count). The first kappa shape index (κ1) is 20.0. The number of rotatable bonds is 7. The van der Waals surface area contributed by atoms with E-state index in [1.807, 2.05) is 7.05 Å². The summed E-state index contributed by atoms with van der Waals surface area (Å²) in [7, 11) is 1.83. The predicted octanol–water partition coefficient (Wildman–Crippen LogP) is 2.32. The molecule has 6 heteroatoms. The molecule has 0 aliphatic carbocycles. The van der Waals surface area contributed by atoms with Gasteiger partial charge in [-0.15, -0.1) is 0 Å². The molecule has 2 aliphatic heterocycles. The van der Waals surface area contributed by atoms with Crippen LogP contribution in [0, 0.1) is 6.92 Å². The summed E-state index contributed by atoms with van der Waals surface area (Å²) in [5.41, 5.74) is 2.61. The van der Waals surface area contributed by atoms with Crippen LogP contribution in [0.25, 0.3) is 0 Å². The molecule has 150 valence electrons. The zero-order valence-electron chi connectivity index (χ0n) is 16.7. The number of aryl methyl sites for hydroxylation is 1. The van der Waals surface area contributed by atoms with Gasteiger partial charge in [0.2, 0.25) is 0 Å². The molecule has 1 aromatic rings. The molecule has 2 N–H and O–H groups in total. The quantitative estimate of drug-likeness (QED) is 0.436. The number of nitrogens with zero attached hydrogens (tertiary/aromatic N) is 2. The molecule has 1 aromatic carbocycles. The monoisotopic (exact) mass is 374 g/mol. The van der Waals surface area contributed by atoms with Gasteiger partial charge in [0.05, 0.1) is 6.10 Å². The zero-order chi connectivity index (χ0) is 18.9. The summed E-state index contributed by atoms with van der Waals surface area (Å²) in [6.07, 6.45) is 4.54. The zero-order valence-corrected chi connectivity index (χ0v) is 16.7. The van der Waals surface area contributed by atoms with Crippen LogP contribution in [0.1, 0.15) is 31.2 Å². The Kier molecular flexibility index (Phi) is 7.78. The molecule has 1 unspecified atom stereocenters. The number of anilines is 1. The largest absolute Gasteiger partial charge is 0.381 e. The first-order valence-corrected chi connectivity index (χ1v) is 10.2. The second-order valence-electron chi connectivity index (χ2n) is 7.45. The van der Waals surface area contributed by atoms with Crippen LogP contribution < -0.4 is 15.5 Å². The van der Waals surface area contributed by atoms with Crippen LogP contribution in [-0.2, 0) is 9.47 Å². The number of nitrogens with one attached hydrogen (secondary N) is 2. The molecule has 2 aliphatic rings. The minimum absolute atomic E-state index is 0.377. The molecule has 0 aromatic heterocycles. The van der Waals surface area contributed by atoms with Crippen molar-refractivity contribution >= 4 is 11.6 Å². The smallest absolute Gasteiger partial charge is 0.191 e. The van der Waals surface area contributed by atoms with Gasteiger partial charge in [0.15, 0.2) is 5.96 Å². The third-order valence-corrected chi connectivity index (χ3v) is 5.29. The lowest BCUT2D eigenvalue weighted by Gasteiger charge is -2.22. The Bertz CT molecular complexity index is 584. The van der Waals surface area contributed by atoms with Gasteiger partial charge in [0.25, 0.3) is 0 Å². The van der Waals surface area contributed by atoms with Crippen LogP contribution >= 0.6 is 0 Å². The number of benzene rings is 1. The van der Waals surface area contributed by atoms with Crippen molar-refractivity contribution in [3.05, 3.63) is 29.8 Å². The van der Waals surface area contributed by atoms with Gasteiger partial charge >= 0.3 is 0 Å². The first-order chi connectivity index (χ1) is 13.2. The van der Waals surface area contributed by atoms with E-state index in [2.05, 4.69) is 51.7 Å². The molecule has 27 heavy (non-hydrogen) atoms.